The fourth-order valence-corrected chi connectivity index (χ4v) is 13.6. The van der Waals surface area contributed by atoms with Gasteiger partial charge < -0.3 is 34.4 Å². The minimum atomic E-state index is -4.30. The van der Waals surface area contributed by atoms with Crippen LogP contribution in [0, 0.1) is 6.92 Å². The summed E-state index contributed by atoms with van der Waals surface area (Å²) in [6, 6.07) is 27.9. The first-order valence-electron chi connectivity index (χ1n) is 24.4. The molecule has 0 saturated carbocycles. The van der Waals surface area contributed by atoms with Crippen LogP contribution in [0.4, 0.5) is 17.1 Å². The Bertz CT molecular complexity index is 3020. The molecule has 0 aromatic heterocycles. The molecule has 0 aliphatic carbocycles. The Labute approximate surface area is 428 Å². The minimum absolute atomic E-state index is 0.00187. The number of ether oxygens (including phenoxy) is 3. The zero-order valence-corrected chi connectivity index (χ0v) is 43.3. The lowest BCUT2D eigenvalue weighted by Crippen LogP contribution is -2.43. The Morgan fingerprint density at radius 1 is 0.764 bits per heavy atom. The van der Waals surface area contributed by atoms with Crippen molar-refractivity contribution in [1.29, 1.82) is 0 Å². The van der Waals surface area contributed by atoms with E-state index in [9.17, 15) is 32.7 Å². The number of carbonyl (C=O) groups is 4. The number of para-hydroxylation sites is 2. The molecular formula is C55H59N3O11S3. The van der Waals surface area contributed by atoms with Crippen molar-refractivity contribution in [2.45, 2.75) is 108 Å². The van der Waals surface area contributed by atoms with E-state index in [1.807, 2.05) is 85.5 Å². The average Bonchev–Trinajstić information content (AvgIpc) is 3.90. The maximum Gasteiger partial charge on any atom is 0.279 e. The number of aliphatic hydroxyl groups is 1. The molecule has 3 amide bonds. The smallest absolute Gasteiger partial charge is 0.279 e. The molecule has 4 atom stereocenters. The topological polar surface area (TPSA) is 178 Å². The van der Waals surface area contributed by atoms with Crippen LogP contribution in [0.2, 0.25) is 0 Å². The molecule has 17 heteroatoms. The van der Waals surface area contributed by atoms with Crippen molar-refractivity contribution in [1.82, 2.24) is 0 Å². The van der Waals surface area contributed by atoms with Gasteiger partial charge in [0.2, 0.25) is 5.91 Å². The number of aryl methyl sites for hydroxylation is 2. The van der Waals surface area contributed by atoms with Crippen LogP contribution in [-0.4, -0.2) is 86.2 Å². The maximum absolute atomic E-state index is 14.2. The number of carbonyl (C=O) groups excluding carboxylic acids is 4. The lowest BCUT2D eigenvalue weighted by molar-refractivity contribution is -0.119. The molecule has 378 valence electrons. The third-order valence-corrected chi connectivity index (χ3v) is 18.1. The van der Waals surface area contributed by atoms with E-state index in [0.717, 1.165) is 48.0 Å². The molecule has 4 heterocycles. The molecule has 2 unspecified atom stereocenters. The monoisotopic (exact) mass is 1030 g/mol. The number of methoxy groups -OCH3 is 1. The molecule has 72 heavy (non-hydrogen) atoms. The summed E-state index contributed by atoms with van der Waals surface area (Å²) in [7, 11) is 1.22. The second kappa shape index (κ2) is 22.1. The number of hydrogen-bond donors (Lipinski definition) is 2. The number of Topliss-reactive ketones (excluding diaryl/α,β-unsaturated/α-hetero) is 1. The number of amides is 3. The van der Waals surface area contributed by atoms with E-state index in [1.165, 1.54) is 28.7 Å². The maximum atomic E-state index is 14.2. The van der Waals surface area contributed by atoms with Gasteiger partial charge in [-0.05, 0) is 139 Å². The van der Waals surface area contributed by atoms with E-state index in [2.05, 4.69) is 11.4 Å². The summed E-state index contributed by atoms with van der Waals surface area (Å²) >= 11 is 0. The Balaban J connectivity index is 0.964. The van der Waals surface area contributed by atoms with Crippen molar-refractivity contribution < 1.29 is 51.1 Å². The van der Waals surface area contributed by atoms with E-state index < -0.39 is 27.4 Å². The summed E-state index contributed by atoms with van der Waals surface area (Å²) in [5.41, 5.74) is 8.75. The lowest BCUT2D eigenvalue weighted by Gasteiger charge is -2.26. The fourth-order valence-electron chi connectivity index (χ4n) is 10.3. The van der Waals surface area contributed by atoms with E-state index in [1.54, 1.807) is 23.1 Å². The molecule has 4 aliphatic rings. The number of nitrogens with zero attached hydrogens (tertiary/aromatic N) is 2. The minimum Gasteiger partial charge on any atom is -0.493 e. The highest BCUT2D eigenvalue weighted by Gasteiger charge is 2.42. The van der Waals surface area contributed by atoms with Gasteiger partial charge in [-0.2, -0.15) is 8.42 Å². The van der Waals surface area contributed by atoms with Crippen molar-refractivity contribution >= 4 is 72.3 Å². The van der Waals surface area contributed by atoms with Gasteiger partial charge in [0.15, 0.2) is 16.7 Å². The third-order valence-electron chi connectivity index (χ3n) is 14.0. The molecule has 14 nitrogen and oxygen atoms in total. The largest absolute Gasteiger partial charge is 0.493 e. The molecule has 0 bridgehead atoms. The van der Waals surface area contributed by atoms with Crippen molar-refractivity contribution in [3.63, 3.8) is 0 Å². The van der Waals surface area contributed by atoms with Crippen LogP contribution in [0.5, 0.6) is 17.2 Å². The normalized spacial score (nSPS) is 18.2. The highest BCUT2D eigenvalue weighted by atomic mass is 33.1. The molecule has 0 radical (unpaired) electrons. The first kappa shape index (κ1) is 51.1. The zero-order chi connectivity index (χ0) is 50.7. The van der Waals surface area contributed by atoms with E-state index >= 15 is 0 Å². The lowest BCUT2D eigenvalue weighted by atomic mass is 9.96. The first-order valence-corrected chi connectivity index (χ1v) is 28.3. The Morgan fingerprint density at radius 3 is 2.11 bits per heavy atom. The summed E-state index contributed by atoms with van der Waals surface area (Å²) in [5, 5.41) is 12.8. The molecule has 0 saturated heterocycles. The second-order valence-electron chi connectivity index (χ2n) is 18.7. The van der Waals surface area contributed by atoms with Gasteiger partial charge in [0.25, 0.3) is 21.9 Å². The standard InChI is InChI=1S/C55H59N3O11S3/c1-5-42(59)13-10-19-70-71-20-18-52(72(64,65)67-4)53(61)56-40-23-34(31-68-49-29-39-27-48(60)47-26-38-12-7-9-15-46(38)58(47)55(63)43(39)21-33(49)2)22-35(24-40)32-69-51-28-36-16-17-41-25-37-11-6-8-14-45(37)57(41)54(62)44(36)30-50(51)66-3/h6-9,11-12,14-15,21-24,28-30,41,47-48,52,60H,5,10,13,16-20,25-27,31-32H2,1-4H3,(H,56,61)/t41-,47+,48?,52?/m1/s1. The number of aliphatic hydroxyl groups excluding tert-OH is 1. The van der Waals surface area contributed by atoms with Gasteiger partial charge in [0, 0.05) is 65.0 Å². The van der Waals surface area contributed by atoms with Crippen LogP contribution >= 0.6 is 21.6 Å². The van der Waals surface area contributed by atoms with Crippen LogP contribution in [0.15, 0.2) is 91.0 Å². The third kappa shape index (κ3) is 10.8. The van der Waals surface area contributed by atoms with Crippen molar-refractivity contribution in [3.8, 4) is 17.2 Å². The van der Waals surface area contributed by atoms with Gasteiger partial charge in [-0.1, -0.05) is 64.9 Å². The average molecular weight is 1030 g/mol. The second-order valence-corrected chi connectivity index (χ2v) is 23.3. The van der Waals surface area contributed by atoms with Crippen LogP contribution in [0.1, 0.15) is 98.7 Å². The van der Waals surface area contributed by atoms with E-state index in [-0.39, 0.29) is 55.7 Å². The van der Waals surface area contributed by atoms with Gasteiger partial charge in [0.1, 0.15) is 24.7 Å². The van der Waals surface area contributed by atoms with E-state index in [4.69, 9.17) is 18.4 Å². The van der Waals surface area contributed by atoms with Crippen molar-refractivity contribution in [2.75, 3.05) is 40.8 Å². The number of rotatable bonds is 20. The number of hydrogen-bond acceptors (Lipinski definition) is 13. The summed E-state index contributed by atoms with van der Waals surface area (Å²) in [5.74, 6) is 1.55. The van der Waals surface area contributed by atoms with Gasteiger partial charge >= 0.3 is 0 Å². The Kier molecular flexibility index (Phi) is 15.7. The number of anilines is 3. The van der Waals surface area contributed by atoms with Crippen LogP contribution in [0.3, 0.4) is 0 Å². The molecule has 2 N–H and O–H groups in total. The number of ketones is 1. The number of benzene rings is 5. The SMILES string of the molecule is CCC(=O)CCCSSCCC(C(=O)Nc1cc(COc2cc3c(cc2C)C(=O)N2c4ccccc4C[C@H]2C(O)C3)cc(COc2cc3c(cc2OC)C(=O)N2c4ccccc4C[C@H]2CC3)c1)S(=O)(=O)OC. The quantitative estimate of drug-likeness (QED) is 0.0429. The molecule has 5 aromatic carbocycles. The number of nitrogens with one attached hydrogen (secondary N) is 1. The molecule has 0 fully saturated rings. The highest BCUT2D eigenvalue weighted by Crippen LogP contribution is 2.42. The van der Waals surface area contributed by atoms with E-state index in [0.29, 0.717) is 99.9 Å². The van der Waals surface area contributed by atoms with Crippen LogP contribution < -0.4 is 29.3 Å². The Morgan fingerprint density at radius 2 is 1.40 bits per heavy atom. The van der Waals surface area contributed by atoms with Crippen molar-refractivity contribution in [2.24, 2.45) is 0 Å². The van der Waals surface area contributed by atoms with Crippen LogP contribution in [0.25, 0.3) is 0 Å². The van der Waals surface area contributed by atoms with Crippen LogP contribution in [-0.2, 0) is 62.8 Å². The summed E-state index contributed by atoms with van der Waals surface area (Å²) in [6.45, 7) is 3.71. The molecular weight excluding hydrogens is 975 g/mol. The van der Waals surface area contributed by atoms with Gasteiger partial charge in [0.05, 0.1) is 26.4 Å². The molecule has 0 spiro atoms. The first-order chi connectivity index (χ1) is 34.8. The van der Waals surface area contributed by atoms with Gasteiger partial charge in [-0.25, -0.2) is 0 Å². The summed E-state index contributed by atoms with van der Waals surface area (Å²) in [4.78, 5) is 57.6. The predicted molar refractivity (Wildman–Crippen MR) is 281 cm³/mol. The van der Waals surface area contributed by atoms with Gasteiger partial charge in [-0.15, -0.1) is 0 Å². The van der Waals surface area contributed by atoms with Crippen molar-refractivity contribution in [3.05, 3.63) is 141 Å². The predicted octanol–water partition coefficient (Wildman–Crippen LogP) is 8.98. The molecule has 9 rings (SSSR count). The molecule has 5 aromatic rings. The fraction of sp³-hybridized carbons (Fsp3) is 0.382. The van der Waals surface area contributed by atoms with Gasteiger partial charge in [-0.3, -0.25) is 23.4 Å². The Hall–Kier alpha value is -5.85. The molecule has 4 aliphatic heterocycles. The zero-order valence-electron chi connectivity index (χ0n) is 40.8. The number of fused-ring (bicyclic) bond motifs is 8. The highest BCUT2D eigenvalue weighted by molar-refractivity contribution is 8.76. The summed E-state index contributed by atoms with van der Waals surface area (Å²) in [6.07, 6.45) is 3.92. The summed E-state index contributed by atoms with van der Waals surface area (Å²) < 4.78 is 50.1.